The maximum atomic E-state index is 9.56. The number of rotatable bonds is 3. The van der Waals surface area contributed by atoms with Crippen LogP contribution in [0.15, 0.2) is 6.07 Å². The van der Waals surface area contributed by atoms with Crippen molar-refractivity contribution in [2.45, 2.75) is 71.6 Å². The van der Waals surface area contributed by atoms with Gasteiger partial charge >= 0.3 is 0 Å². The lowest BCUT2D eigenvalue weighted by atomic mass is 9.91. The van der Waals surface area contributed by atoms with Gasteiger partial charge in [-0.3, -0.25) is 4.98 Å². The van der Waals surface area contributed by atoms with E-state index in [1.807, 2.05) is 6.92 Å². The zero-order chi connectivity index (χ0) is 14.0. The Labute approximate surface area is 116 Å². The summed E-state index contributed by atoms with van der Waals surface area (Å²) in [6.07, 6.45) is 3.91. The topological polar surface area (TPSA) is 45.1 Å². The Morgan fingerprint density at radius 3 is 2.42 bits per heavy atom. The van der Waals surface area contributed by atoms with Gasteiger partial charge in [-0.25, -0.2) is 0 Å². The average molecular weight is 262 g/mol. The predicted octanol–water partition coefficient (Wildman–Crippen LogP) is 2.96. The fourth-order valence-corrected chi connectivity index (χ4v) is 3.37. The molecular formula is C16H26N2O. The number of nitrogens with one attached hydrogen (secondary N) is 1. The molecule has 0 amide bonds. The van der Waals surface area contributed by atoms with Gasteiger partial charge in [-0.05, 0) is 70.6 Å². The quantitative estimate of drug-likeness (QED) is 0.880. The summed E-state index contributed by atoms with van der Waals surface area (Å²) in [5.41, 5.74) is 4.87. The highest BCUT2D eigenvalue weighted by molar-refractivity contribution is 5.33. The van der Waals surface area contributed by atoms with Crippen LogP contribution in [0, 0.1) is 20.8 Å². The number of nitrogens with zero attached hydrogens (tertiary/aromatic N) is 1. The molecule has 1 fully saturated rings. The van der Waals surface area contributed by atoms with E-state index in [1.54, 1.807) is 0 Å². The van der Waals surface area contributed by atoms with Crippen LogP contribution in [0.1, 0.15) is 61.2 Å². The van der Waals surface area contributed by atoms with E-state index in [1.165, 1.54) is 11.1 Å². The first-order valence-corrected chi connectivity index (χ1v) is 7.36. The van der Waals surface area contributed by atoms with Gasteiger partial charge in [-0.15, -0.1) is 0 Å². The number of aromatic nitrogens is 1. The van der Waals surface area contributed by atoms with Crippen molar-refractivity contribution >= 4 is 0 Å². The highest BCUT2D eigenvalue weighted by Gasteiger charge is 2.22. The molecule has 1 unspecified atom stereocenters. The van der Waals surface area contributed by atoms with Crippen LogP contribution in [0.25, 0.3) is 0 Å². The van der Waals surface area contributed by atoms with E-state index in [0.29, 0.717) is 12.1 Å². The van der Waals surface area contributed by atoms with Gasteiger partial charge in [0.2, 0.25) is 0 Å². The van der Waals surface area contributed by atoms with Gasteiger partial charge in [-0.1, -0.05) is 0 Å². The Balaban J connectivity index is 2.06. The summed E-state index contributed by atoms with van der Waals surface area (Å²) in [6.45, 7) is 8.53. The summed E-state index contributed by atoms with van der Waals surface area (Å²) in [6, 6.07) is 3.01. The molecule has 0 radical (unpaired) electrons. The summed E-state index contributed by atoms with van der Waals surface area (Å²) in [5.74, 6) is 0. The molecule has 1 heterocycles. The van der Waals surface area contributed by atoms with E-state index in [0.717, 1.165) is 37.1 Å². The Hall–Kier alpha value is -0.930. The molecule has 106 valence electrons. The number of aliphatic hydroxyl groups is 1. The maximum absolute atomic E-state index is 9.56. The summed E-state index contributed by atoms with van der Waals surface area (Å²) in [5, 5.41) is 13.3. The Kier molecular flexibility index (Phi) is 4.58. The average Bonchev–Trinajstić information content (AvgIpc) is 2.30. The smallest absolute Gasteiger partial charge is 0.0541 e. The van der Waals surface area contributed by atoms with Crippen molar-refractivity contribution < 1.29 is 5.11 Å². The van der Waals surface area contributed by atoms with Crippen molar-refractivity contribution in [2.24, 2.45) is 0 Å². The molecule has 0 saturated heterocycles. The number of aryl methyl sites for hydroxylation is 3. The van der Waals surface area contributed by atoms with Gasteiger partial charge in [0.1, 0.15) is 0 Å². The second-order valence-corrected chi connectivity index (χ2v) is 5.97. The molecule has 1 atom stereocenters. The van der Waals surface area contributed by atoms with Gasteiger partial charge < -0.3 is 10.4 Å². The minimum atomic E-state index is -0.0853. The number of hydrogen-bond donors (Lipinski definition) is 2. The molecule has 1 aliphatic rings. The zero-order valence-corrected chi connectivity index (χ0v) is 12.5. The van der Waals surface area contributed by atoms with Gasteiger partial charge in [0.25, 0.3) is 0 Å². The SMILES string of the molecule is Cc1cc(C)c(C(C)NC2CCC(O)CC2)c(C)n1. The van der Waals surface area contributed by atoms with Gasteiger partial charge in [0.15, 0.2) is 0 Å². The second-order valence-electron chi connectivity index (χ2n) is 5.97. The van der Waals surface area contributed by atoms with Crippen molar-refractivity contribution in [1.29, 1.82) is 0 Å². The van der Waals surface area contributed by atoms with E-state index < -0.39 is 0 Å². The Morgan fingerprint density at radius 1 is 1.21 bits per heavy atom. The molecular weight excluding hydrogens is 236 g/mol. The third-order valence-corrected chi connectivity index (χ3v) is 4.20. The molecule has 1 aromatic rings. The summed E-state index contributed by atoms with van der Waals surface area (Å²) in [7, 11) is 0. The van der Waals surface area contributed by atoms with Gasteiger partial charge in [0.05, 0.1) is 6.10 Å². The summed E-state index contributed by atoms with van der Waals surface area (Å²) in [4.78, 5) is 4.58. The van der Waals surface area contributed by atoms with Crippen LogP contribution in [0.5, 0.6) is 0 Å². The van der Waals surface area contributed by atoms with Crippen LogP contribution in [0.2, 0.25) is 0 Å². The van der Waals surface area contributed by atoms with Gasteiger partial charge in [-0.2, -0.15) is 0 Å². The molecule has 1 aromatic heterocycles. The van der Waals surface area contributed by atoms with E-state index >= 15 is 0 Å². The highest BCUT2D eigenvalue weighted by Crippen LogP contribution is 2.25. The molecule has 2 N–H and O–H groups in total. The molecule has 0 bridgehead atoms. The lowest BCUT2D eigenvalue weighted by Gasteiger charge is -2.30. The third kappa shape index (κ3) is 3.54. The highest BCUT2D eigenvalue weighted by atomic mass is 16.3. The number of aliphatic hydroxyl groups excluding tert-OH is 1. The largest absolute Gasteiger partial charge is 0.393 e. The molecule has 2 rings (SSSR count). The van der Waals surface area contributed by atoms with Crippen LogP contribution < -0.4 is 5.32 Å². The number of pyridine rings is 1. The second kappa shape index (κ2) is 6.02. The minimum Gasteiger partial charge on any atom is -0.393 e. The first-order valence-electron chi connectivity index (χ1n) is 7.36. The van der Waals surface area contributed by atoms with Crippen LogP contribution in [-0.2, 0) is 0 Å². The predicted molar refractivity (Wildman–Crippen MR) is 78.3 cm³/mol. The standard InChI is InChI=1S/C16H26N2O/c1-10-9-11(2)17-12(3)16(10)13(4)18-14-5-7-15(19)8-6-14/h9,13-15,18-19H,5-8H2,1-4H3. The normalized spacial score (nSPS) is 25.3. The summed E-state index contributed by atoms with van der Waals surface area (Å²) < 4.78 is 0. The molecule has 19 heavy (non-hydrogen) atoms. The van der Waals surface area contributed by atoms with E-state index in [9.17, 15) is 5.11 Å². The van der Waals surface area contributed by atoms with Crippen LogP contribution in [0.3, 0.4) is 0 Å². The maximum Gasteiger partial charge on any atom is 0.0541 e. The molecule has 1 aliphatic carbocycles. The molecule has 0 aliphatic heterocycles. The molecule has 3 nitrogen and oxygen atoms in total. The Bertz CT molecular complexity index is 413. The van der Waals surface area contributed by atoms with Crippen molar-refractivity contribution in [3.63, 3.8) is 0 Å². The van der Waals surface area contributed by atoms with Crippen molar-refractivity contribution in [1.82, 2.24) is 10.3 Å². The van der Waals surface area contributed by atoms with E-state index in [2.05, 4.69) is 37.1 Å². The summed E-state index contributed by atoms with van der Waals surface area (Å²) >= 11 is 0. The first-order chi connectivity index (χ1) is 8.97. The van der Waals surface area contributed by atoms with Crippen LogP contribution in [-0.4, -0.2) is 22.2 Å². The number of hydrogen-bond acceptors (Lipinski definition) is 3. The minimum absolute atomic E-state index is 0.0853. The zero-order valence-electron chi connectivity index (χ0n) is 12.5. The molecule has 3 heteroatoms. The fraction of sp³-hybridized carbons (Fsp3) is 0.688. The molecule has 0 aromatic carbocycles. The van der Waals surface area contributed by atoms with Crippen LogP contribution >= 0.6 is 0 Å². The van der Waals surface area contributed by atoms with Gasteiger partial charge in [0, 0.05) is 23.5 Å². The van der Waals surface area contributed by atoms with E-state index in [-0.39, 0.29) is 6.10 Å². The lowest BCUT2D eigenvalue weighted by molar-refractivity contribution is 0.114. The van der Waals surface area contributed by atoms with Crippen molar-refractivity contribution in [3.8, 4) is 0 Å². The van der Waals surface area contributed by atoms with Crippen molar-refractivity contribution in [2.75, 3.05) is 0 Å². The first kappa shape index (κ1) is 14.5. The van der Waals surface area contributed by atoms with Crippen molar-refractivity contribution in [3.05, 3.63) is 28.6 Å². The lowest BCUT2D eigenvalue weighted by Crippen LogP contribution is -2.36. The molecule has 1 saturated carbocycles. The Morgan fingerprint density at radius 2 is 1.84 bits per heavy atom. The monoisotopic (exact) mass is 262 g/mol. The van der Waals surface area contributed by atoms with E-state index in [4.69, 9.17) is 0 Å². The molecule has 0 spiro atoms. The third-order valence-electron chi connectivity index (χ3n) is 4.20. The fourth-order valence-electron chi connectivity index (χ4n) is 3.37. The van der Waals surface area contributed by atoms with Crippen LogP contribution in [0.4, 0.5) is 0 Å².